The molecule has 3 rings (SSSR count). The fourth-order valence-corrected chi connectivity index (χ4v) is 3.04. The first-order valence-electron chi connectivity index (χ1n) is 8.38. The van der Waals surface area contributed by atoms with Gasteiger partial charge in [-0.3, -0.25) is 9.48 Å². The molecule has 0 aliphatic carbocycles. The maximum absolute atomic E-state index is 12.3. The molecule has 2 heterocycles. The molecule has 5 nitrogen and oxygen atoms in total. The molecule has 23 heavy (non-hydrogen) atoms. The van der Waals surface area contributed by atoms with Crippen molar-refractivity contribution in [3.8, 4) is 0 Å². The van der Waals surface area contributed by atoms with Crippen molar-refractivity contribution in [1.82, 2.24) is 9.78 Å². The van der Waals surface area contributed by atoms with Crippen molar-refractivity contribution in [3.63, 3.8) is 0 Å². The van der Waals surface area contributed by atoms with Gasteiger partial charge in [-0.25, -0.2) is 0 Å². The summed E-state index contributed by atoms with van der Waals surface area (Å²) in [5.74, 6) is -0.161. The molecular formula is C18H24N4O. The maximum Gasteiger partial charge on any atom is 0.276 e. The Morgan fingerprint density at radius 2 is 1.87 bits per heavy atom. The van der Waals surface area contributed by atoms with Crippen molar-refractivity contribution in [2.75, 3.05) is 23.3 Å². The van der Waals surface area contributed by atoms with Gasteiger partial charge in [0.1, 0.15) is 0 Å². The second-order valence-electron chi connectivity index (χ2n) is 6.04. The van der Waals surface area contributed by atoms with Crippen LogP contribution in [0.3, 0.4) is 0 Å². The van der Waals surface area contributed by atoms with Crippen LogP contribution in [0.4, 0.5) is 11.4 Å². The Labute approximate surface area is 137 Å². The minimum absolute atomic E-state index is 0.161. The molecule has 0 saturated carbocycles. The largest absolute Gasteiger partial charge is 0.372 e. The SMILES string of the molecule is CCn1nc(C(=O)Nc2ccc(N3CCCCC3)cc2)cc1C. The van der Waals surface area contributed by atoms with Gasteiger partial charge >= 0.3 is 0 Å². The Balaban J connectivity index is 1.66. The average molecular weight is 312 g/mol. The molecule has 1 aliphatic rings. The number of piperidine rings is 1. The molecule has 1 aromatic heterocycles. The van der Waals surface area contributed by atoms with Gasteiger partial charge in [-0.05, 0) is 63.4 Å². The van der Waals surface area contributed by atoms with E-state index in [2.05, 4.69) is 27.4 Å². The third-order valence-corrected chi connectivity index (χ3v) is 4.36. The highest BCUT2D eigenvalue weighted by Gasteiger charge is 2.13. The zero-order valence-corrected chi connectivity index (χ0v) is 13.9. The fourth-order valence-electron chi connectivity index (χ4n) is 3.04. The third kappa shape index (κ3) is 3.55. The lowest BCUT2D eigenvalue weighted by Crippen LogP contribution is -2.29. The molecule has 1 N–H and O–H groups in total. The molecule has 0 unspecified atom stereocenters. The van der Waals surface area contributed by atoms with E-state index in [0.29, 0.717) is 5.69 Å². The van der Waals surface area contributed by atoms with Crippen LogP contribution < -0.4 is 10.2 Å². The Bertz CT molecular complexity index is 669. The number of amides is 1. The van der Waals surface area contributed by atoms with Gasteiger partial charge in [-0.15, -0.1) is 0 Å². The normalized spacial score (nSPS) is 14.8. The number of carbonyl (C=O) groups excluding carboxylic acids is 1. The van der Waals surface area contributed by atoms with Gasteiger partial charge in [-0.1, -0.05) is 0 Å². The highest BCUT2D eigenvalue weighted by atomic mass is 16.1. The summed E-state index contributed by atoms with van der Waals surface area (Å²) >= 11 is 0. The molecular weight excluding hydrogens is 288 g/mol. The molecule has 1 aliphatic heterocycles. The minimum atomic E-state index is -0.161. The van der Waals surface area contributed by atoms with E-state index in [1.165, 1.54) is 24.9 Å². The van der Waals surface area contributed by atoms with Crippen LogP contribution in [-0.2, 0) is 6.54 Å². The summed E-state index contributed by atoms with van der Waals surface area (Å²) in [6.45, 7) is 6.99. The fraction of sp³-hybridized carbons (Fsp3) is 0.444. The summed E-state index contributed by atoms with van der Waals surface area (Å²) in [6.07, 6.45) is 3.85. The molecule has 5 heteroatoms. The second kappa shape index (κ2) is 6.86. The van der Waals surface area contributed by atoms with E-state index in [4.69, 9.17) is 0 Å². The Morgan fingerprint density at radius 1 is 1.17 bits per heavy atom. The minimum Gasteiger partial charge on any atom is -0.372 e. The molecule has 1 aromatic carbocycles. The quantitative estimate of drug-likeness (QED) is 0.940. The average Bonchev–Trinajstić information content (AvgIpc) is 2.97. The topological polar surface area (TPSA) is 50.2 Å². The predicted octanol–water partition coefficient (Wildman–Crippen LogP) is 3.45. The van der Waals surface area contributed by atoms with E-state index in [9.17, 15) is 4.79 Å². The number of nitrogens with one attached hydrogen (secondary N) is 1. The molecule has 0 radical (unpaired) electrons. The van der Waals surface area contributed by atoms with Gasteiger partial charge in [0.15, 0.2) is 5.69 Å². The van der Waals surface area contributed by atoms with Crippen LogP contribution in [0.5, 0.6) is 0 Å². The van der Waals surface area contributed by atoms with Crippen LogP contribution >= 0.6 is 0 Å². The van der Waals surface area contributed by atoms with Crippen molar-refractivity contribution in [2.24, 2.45) is 0 Å². The first kappa shape index (κ1) is 15.6. The lowest BCUT2D eigenvalue weighted by molar-refractivity contribution is 0.102. The number of aryl methyl sites for hydroxylation is 2. The van der Waals surface area contributed by atoms with Gasteiger partial charge in [0.05, 0.1) is 0 Å². The number of rotatable bonds is 4. The van der Waals surface area contributed by atoms with E-state index < -0.39 is 0 Å². The number of anilines is 2. The van der Waals surface area contributed by atoms with E-state index in [1.54, 1.807) is 0 Å². The van der Waals surface area contributed by atoms with Crippen molar-refractivity contribution < 1.29 is 4.79 Å². The number of carbonyl (C=O) groups is 1. The van der Waals surface area contributed by atoms with E-state index >= 15 is 0 Å². The molecule has 2 aromatic rings. The van der Waals surface area contributed by atoms with E-state index in [0.717, 1.165) is 31.0 Å². The van der Waals surface area contributed by atoms with E-state index in [-0.39, 0.29) is 5.91 Å². The van der Waals surface area contributed by atoms with Gasteiger partial charge in [0.2, 0.25) is 0 Å². The third-order valence-electron chi connectivity index (χ3n) is 4.36. The number of hydrogen-bond donors (Lipinski definition) is 1. The van der Waals surface area contributed by atoms with Crippen molar-refractivity contribution in [3.05, 3.63) is 41.7 Å². The van der Waals surface area contributed by atoms with Crippen LogP contribution in [0.2, 0.25) is 0 Å². The molecule has 122 valence electrons. The molecule has 1 fully saturated rings. The highest BCUT2D eigenvalue weighted by molar-refractivity contribution is 6.03. The summed E-state index contributed by atoms with van der Waals surface area (Å²) < 4.78 is 1.83. The Morgan fingerprint density at radius 3 is 2.48 bits per heavy atom. The highest BCUT2D eigenvalue weighted by Crippen LogP contribution is 2.22. The first-order valence-corrected chi connectivity index (χ1v) is 8.38. The first-order chi connectivity index (χ1) is 11.2. The number of benzene rings is 1. The lowest BCUT2D eigenvalue weighted by Gasteiger charge is -2.28. The zero-order chi connectivity index (χ0) is 16.2. The van der Waals surface area contributed by atoms with Crippen LogP contribution in [0.15, 0.2) is 30.3 Å². The monoisotopic (exact) mass is 312 g/mol. The molecule has 1 saturated heterocycles. The molecule has 1 amide bonds. The van der Waals surface area contributed by atoms with Crippen LogP contribution in [0, 0.1) is 6.92 Å². The van der Waals surface area contributed by atoms with Gasteiger partial charge < -0.3 is 10.2 Å². The molecule has 0 spiro atoms. The summed E-state index contributed by atoms with van der Waals surface area (Å²) in [5.41, 5.74) is 3.50. The lowest BCUT2D eigenvalue weighted by atomic mass is 10.1. The predicted molar refractivity (Wildman–Crippen MR) is 93.1 cm³/mol. The van der Waals surface area contributed by atoms with Crippen molar-refractivity contribution in [2.45, 2.75) is 39.7 Å². The number of nitrogens with zero attached hydrogens (tertiary/aromatic N) is 3. The van der Waals surface area contributed by atoms with Crippen LogP contribution in [0.25, 0.3) is 0 Å². The van der Waals surface area contributed by atoms with Crippen LogP contribution in [0.1, 0.15) is 42.4 Å². The summed E-state index contributed by atoms with van der Waals surface area (Å²) in [4.78, 5) is 14.7. The number of aromatic nitrogens is 2. The van der Waals surface area contributed by atoms with Crippen molar-refractivity contribution in [1.29, 1.82) is 0 Å². The van der Waals surface area contributed by atoms with Gasteiger partial charge in [-0.2, -0.15) is 5.10 Å². The summed E-state index contributed by atoms with van der Waals surface area (Å²) in [7, 11) is 0. The standard InChI is InChI=1S/C18H24N4O/c1-3-22-14(2)13-17(20-22)18(23)19-15-7-9-16(10-8-15)21-11-5-4-6-12-21/h7-10,13H,3-6,11-12H2,1-2H3,(H,19,23). The Kier molecular flexibility index (Phi) is 4.65. The summed E-state index contributed by atoms with van der Waals surface area (Å²) in [6, 6.07) is 9.91. The maximum atomic E-state index is 12.3. The second-order valence-corrected chi connectivity index (χ2v) is 6.04. The van der Waals surface area contributed by atoms with Crippen LogP contribution in [-0.4, -0.2) is 28.8 Å². The smallest absolute Gasteiger partial charge is 0.276 e. The number of hydrogen-bond acceptors (Lipinski definition) is 3. The summed E-state index contributed by atoms with van der Waals surface area (Å²) in [5, 5.41) is 7.23. The zero-order valence-electron chi connectivity index (χ0n) is 13.9. The van der Waals surface area contributed by atoms with Crippen molar-refractivity contribution >= 4 is 17.3 Å². The molecule has 0 bridgehead atoms. The van der Waals surface area contributed by atoms with Gasteiger partial charge in [0.25, 0.3) is 5.91 Å². The van der Waals surface area contributed by atoms with E-state index in [1.807, 2.05) is 36.7 Å². The Hall–Kier alpha value is -2.30. The molecule has 0 atom stereocenters. The van der Waals surface area contributed by atoms with Gasteiger partial charge in [0, 0.05) is 36.7 Å².